The normalized spacial score (nSPS) is 11.4. The van der Waals surface area contributed by atoms with Gasteiger partial charge in [0.05, 0.1) is 6.61 Å². The summed E-state index contributed by atoms with van der Waals surface area (Å²) in [6, 6.07) is 14.4. The average Bonchev–Trinajstić information content (AvgIpc) is 2.41. The van der Waals surface area contributed by atoms with E-state index in [0.717, 1.165) is 17.9 Å². The highest BCUT2D eigenvalue weighted by molar-refractivity contribution is 5.40. The van der Waals surface area contributed by atoms with E-state index in [2.05, 4.69) is 45.9 Å². The molecule has 0 fully saturated rings. The Morgan fingerprint density at radius 2 is 1.67 bits per heavy atom. The molecule has 2 rings (SSSR count). The molecule has 0 spiro atoms. The van der Waals surface area contributed by atoms with Crippen LogP contribution in [0.2, 0.25) is 0 Å². The molecule has 0 amide bonds. The van der Waals surface area contributed by atoms with Crippen LogP contribution in [0.4, 0.5) is 5.69 Å². The molecule has 0 atom stereocenters. The monoisotopic (exact) mass is 283 g/mol. The average molecular weight is 283 g/mol. The zero-order valence-electron chi connectivity index (χ0n) is 13.4. The van der Waals surface area contributed by atoms with Crippen LogP contribution in [0.15, 0.2) is 42.5 Å². The fraction of sp³-hybridized carbons (Fsp3) is 0.368. The molecule has 2 N–H and O–H groups in total. The SMILES string of the molecule is Cc1cc(C(C)(C)C)ccc1OCCc1ccc(N)cc1. The van der Waals surface area contributed by atoms with Gasteiger partial charge >= 0.3 is 0 Å². The number of benzene rings is 2. The molecule has 21 heavy (non-hydrogen) atoms. The Bertz CT molecular complexity index is 594. The van der Waals surface area contributed by atoms with Crippen LogP contribution < -0.4 is 10.5 Å². The summed E-state index contributed by atoms with van der Waals surface area (Å²) < 4.78 is 5.91. The van der Waals surface area contributed by atoms with Crippen LogP contribution in [0.5, 0.6) is 5.75 Å². The lowest BCUT2D eigenvalue weighted by atomic mass is 9.86. The highest BCUT2D eigenvalue weighted by Crippen LogP contribution is 2.27. The van der Waals surface area contributed by atoms with E-state index in [4.69, 9.17) is 10.5 Å². The van der Waals surface area contributed by atoms with Crippen LogP contribution in [0.25, 0.3) is 0 Å². The van der Waals surface area contributed by atoms with Crippen LogP contribution in [-0.4, -0.2) is 6.61 Å². The molecule has 0 aliphatic heterocycles. The molecule has 0 aliphatic carbocycles. The predicted octanol–water partition coefficient (Wildman–Crippen LogP) is 4.50. The number of rotatable bonds is 4. The molecule has 0 aromatic heterocycles. The Morgan fingerprint density at radius 1 is 1.00 bits per heavy atom. The van der Waals surface area contributed by atoms with Crippen molar-refractivity contribution >= 4 is 5.69 Å². The zero-order valence-corrected chi connectivity index (χ0v) is 13.4. The maximum atomic E-state index is 5.91. The smallest absolute Gasteiger partial charge is 0.122 e. The van der Waals surface area contributed by atoms with Crippen molar-refractivity contribution in [1.82, 2.24) is 0 Å². The molecule has 2 nitrogen and oxygen atoms in total. The lowest BCUT2D eigenvalue weighted by Crippen LogP contribution is -2.11. The van der Waals surface area contributed by atoms with E-state index in [-0.39, 0.29) is 5.41 Å². The van der Waals surface area contributed by atoms with Gasteiger partial charge in [0.15, 0.2) is 0 Å². The Labute approximate surface area is 127 Å². The molecule has 2 aromatic carbocycles. The number of nitrogen functional groups attached to an aromatic ring is 1. The molecular weight excluding hydrogens is 258 g/mol. The van der Waals surface area contributed by atoms with Crippen molar-refractivity contribution < 1.29 is 4.74 Å². The minimum Gasteiger partial charge on any atom is -0.493 e. The summed E-state index contributed by atoms with van der Waals surface area (Å²) in [7, 11) is 0. The summed E-state index contributed by atoms with van der Waals surface area (Å²) in [5.41, 5.74) is 10.4. The summed E-state index contributed by atoms with van der Waals surface area (Å²) in [6.07, 6.45) is 0.890. The quantitative estimate of drug-likeness (QED) is 0.839. The van der Waals surface area contributed by atoms with Gasteiger partial charge in [-0.25, -0.2) is 0 Å². The first-order chi connectivity index (χ1) is 9.86. The highest BCUT2D eigenvalue weighted by atomic mass is 16.5. The number of aryl methyl sites for hydroxylation is 1. The van der Waals surface area contributed by atoms with Crippen molar-refractivity contribution in [2.75, 3.05) is 12.3 Å². The van der Waals surface area contributed by atoms with Crippen molar-refractivity contribution in [3.63, 3.8) is 0 Å². The largest absolute Gasteiger partial charge is 0.493 e. The van der Waals surface area contributed by atoms with Crippen molar-refractivity contribution in [3.8, 4) is 5.75 Å². The third-order valence-electron chi connectivity index (χ3n) is 3.67. The topological polar surface area (TPSA) is 35.2 Å². The fourth-order valence-corrected chi connectivity index (χ4v) is 2.24. The molecule has 0 bridgehead atoms. The van der Waals surface area contributed by atoms with Gasteiger partial charge in [0.1, 0.15) is 5.75 Å². The number of hydrogen-bond donors (Lipinski definition) is 1. The molecule has 0 radical (unpaired) electrons. The molecule has 0 saturated carbocycles. The Kier molecular flexibility index (Phi) is 4.56. The van der Waals surface area contributed by atoms with E-state index < -0.39 is 0 Å². The lowest BCUT2D eigenvalue weighted by molar-refractivity contribution is 0.319. The number of nitrogens with two attached hydrogens (primary N) is 1. The molecule has 0 unspecified atom stereocenters. The summed E-state index contributed by atoms with van der Waals surface area (Å²) in [4.78, 5) is 0. The van der Waals surface area contributed by atoms with Gasteiger partial charge in [-0.3, -0.25) is 0 Å². The molecule has 2 heteroatoms. The van der Waals surface area contributed by atoms with Gasteiger partial charge < -0.3 is 10.5 Å². The van der Waals surface area contributed by atoms with E-state index in [1.54, 1.807) is 0 Å². The van der Waals surface area contributed by atoms with Crippen molar-refractivity contribution in [2.45, 2.75) is 39.5 Å². The van der Waals surface area contributed by atoms with Crippen molar-refractivity contribution in [1.29, 1.82) is 0 Å². The van der Waals surface area contributed by atoms with Crippen LogP contribution in [0.3, 0.4) is 0 Å². The minimum absolute atomic E-state index is 0.174. The van der Waals surface area contributed by atoms with E-state index >= 15 is 0 Å². The van der Waals surface area contributed by atoms with Gasteiger partial charge in [-0.2, -0.15) is 0 Å². The fourth-order valence-electron chi connectivity index (χ4n) is 2.24. The first-order valence-electron chi connectivity index (χ1n) is 7.44. The number of hydrogen-bond acceptors (Lipinski definition) is 2. The molecular formula is C19H25NO. The molecule has 0 saturated heterocycles. The lowest BCUT2D eigenvalue weighted by Gasteiger charge is -2.20. The third-order valence-corrected chi connectivity index (χ3v) is 3.67. The minimum atomic E-state index is 0.174. The molecule has 112 valence electrons. The molecule has 0 heterocycles. The van der Waals surface area contributed by atoms with Gasteiger partial charge in [-0.15, -0.1) is 0 Å². The standard InChI is InChI=1S/C19H25NO/c1-14-13-16(19(2,3)4)7-10-18(14)21-12-11-15-5-8-17(20)9-6-15/h5-10,13H,11-12,20H2,1-4H3. The molecule has 2 aromatic rings. The van der Waals surface area contributed by atoms with E-state index in [1.807, 2.05) is 24.3 Å². The van der Waals surface area contributed by atoms with E-state index in [9.17, 15) is 0 Å². The Hall–Kier alpha value is -1.96. The van der Waals surface area contributed by atoms with Gasteiger partial charge in [-0.05, 0) is 47.2 Å². The Morgan fingerprint density at radius 3 is 2.24 bits per heavy atom. The summed E-state index contributed by atoms with van der Waals surface area (Å²) >= 11 is 0. The predicted molar refractivity (Wildman–Crippen MR) is 89.9 cm³/mol. The summed E-state index contributed by atoms with van der Waals surface area (Å²) in [5.74, 6) is 0.971. The van der Waals surface area contributed by atoms with E-state index in [0.29, 0.717) is 6.61 Å². The van der Waals surface area contributed by atoms with Gasteiger partial charge in [0.2, 0.25) is 0 Å². The second-order valence-corrected chi connectivity index (χ2v) is 6.57. The maximum absolute atomic E-state index is 5.91. The van der Waals surface area contributed by atoms with Crippen LogP contribution in [0, 0.1) is 6.92 Å². The van der Waals surface area contributed by atoms with Gasteiger partial charge in [-0.1, -0.05) is 45.0 Å². The molecule has 0 aliphatic rings. The maximum Gasteiger partial charge on any atom is 0.122 e. The van der Waals surface area contributed by atoms with Gasteiger partial charge in [0, 0.05) is 12.1 Å². The summed E-state index contributed by atoms with van der Waals surface area (Å²) in [6.45, 7) is 9.46. The highest BCUT2D eigenvalue weighted by Gasteiger charge is 2.14. The van der Waals surface area contributed by atoms with Crippen LogP contribution in [-0.2, 0) is 11.8 Å². The first-order valence-corrected chi connectivity index (χ1v) is 7.44. The van der Waals surface area contributed by atoms with Crippen molar-refractivity contribution in [2.24, 2.45) is 0 Å². The third kappa shape index (κ3) is 4.25. The van der Waals surface area contributed by atoms with Crippen LogP contribution in [0.1, 0.15) is 37.5 Å². The second-order valence-electron chi connectivity index (χ2n) is 6.57. The van der Waals surface area contributed by atoms with E-state index in [1.165, 1.54) is 16.7 Å². The van der Waals surface area contributed by atoms with Crippen molar-refractivity contribution in [3.05, 3.63) is 59.2 Å². The summed E-state index contributed by atoms with van der Waals surface area (Å²) in [5, 5.41) is 0. The Balaban J connectivity index is 1.96. The van der Waals surface area contributed by atoms with Crippen LogP contribution >= 0.6 is 0 Å². The second kappa shape index (κ2) is 6.21. The first kappa shape index (κ1) is 15.4. The zero-order chi connectivity index (χ0) is 15.5. The number of ether oxygens (including phenoxy) is 1. The number of anilines is 1. The van der Waals surface area contributed by atoms with Gasteiger partial charge in [0.25, 0.3) is 0 Å².